The second kappa shape index (κ2) is 8.04. The molecule has 0 heterocycles. The molecule has 0 aliphatic rings. The lowest BCUT2D eigenvalue weighted by atomic mass is 10.3. The van der Waals surface area contributed by atoms with E-state index < -0.39 is 12.1 Å². The molecule has 0 fully saturated rings. The first-order valence-corrected chi connectivity index (χ1v) is 6.56. The number of hydrogen-bond donors (Lipinski definition) is 3. The fraction of sp³-hybridized carbons (Fsp3) is 0.429. The van der Waals surface area contributed by atoms with Crippen molar-refractivity contribution in [2.45, 2.75) is 26.3 Å². The average Bonchev–Trinajstić information content (AvgIpc) is 2.45. The second-order valence-electron chi connectivity index (χ2n) is 4.34. The average molecular weight is 279 g/mol. The summed E-state index contributed by atoms with van der Waals surface area (Å²) in [6.07, 6.45) is 0.858. The monoisotopic (exact) mass is 279 g/mol. The Bertz CT molecular complexity index is 445. The fourth-order valence-corrected chi connectivity index (χ4v) is 1.51. The minimum atomic E-state index is -0.584. The molecule has 20 heavy (non-hydrogen) atoms. The number of urea groups is 1. The van der Waals surface area contributed by atoms with Gasteiger partial charge in [-0.05, 0) is 37.6 Å². The molecule has 1 rings (SSSR count). The van der Waals surface area contributed by atoms with E-state index in [4.69, 9.17) is 4.74 Å². The molecule has 1 aromatic carbocycles. The zero-order valence-electron chi connectivity index (χ0n) is 12.0. The van der Waals surface area contributed by atoms with Crippen molar-refractivity contribution >= 4 is 17.6 Å². The quantitative estimate of drug-likeness (QED) is 0.742. The first-order valence-electron chi connectivity index (χ1n) is 6.56. The first kappa shape index (κ1) is 15.8. The van der Waals surface area contributed by atoms with E-state index in [9.17, 15) is 9.59 Å². The summed E-state index contributed by atoms with van der Waals surface area (Å²) in [6, 6.07) is 5.93. The third-order valence-electron chi connectivity index (χ3n) is 2.64. The number of ether oxygens (including phenoxy) is 1. The van der Waals surface area contributed by atoms with Crippen molar-refractivity contribution < 1.29 is 14.3 Å². The van der Waals surface area contributed by atoms with Crippen LogP contribution in [0.1, 0.15) is 20.3 Å². The van der Waals surface area contributed by atoms with Gasteiger partial charge in [0.2, 0.25) is 5.91 Å². The van der Waals surface area contributed by atoms with E-state index in [1.165, 1.54) is 0 Å². The Morgan fingerprint density at radius 1 is 1.25 bits per heavy atom. The summed E-state index contributed by atoms with van der Waals surface area (Å²) in [7, 11) is 1.58. The third kappa shape index (κ3) is 5.17. The number of nitrogens with one attached hydrogen (secondary N) is 3. The molecule has 0 aromatic heterocycles. The number of carbonyl (C=O) groups is 2. The molecule has 0 bridgehead atoms. The predicted molar refractivity (Wildman–Crippen MR) is 77.9 cm³/mol. The van der Waals surface area contributed by atoms with Gasteiger partial charge in [-0.15, -0.1) is 0 Å². The fourth-order valence-electron chi connectivity index (χ4n) is 1.51. The van der Waals surface area contributed by atoms with Crippen molar-refractivity contribution in [1.82, 2.24) is 10.6 Å². The van der Waals surface area contributed by atoms with E-state index >= 15 is 0 Å². The highest BCUT2D eigenvalue weighted by molar-refractivity contribution is 5.93. The van der Waals surface area contributed by atoms with Gasteiger partial charge in [0.1, 0.15) is 11.8 Å². The lowest BCUT2D eigenvalue weighted by Crippen LogP contribution is -2.46. The Morgan fingerprint density at radius 3 is 2.45 bits per heavy atom. The van der Waals surface area contributed by atoms with E-state index in [1.54, 1.807) is 38.3 Å². The van der Waals surface area contributed by atoms with E-state index in [-0.39, 0.29) is 5.91 Å². The largest absolute Gasteiger partial charge is 0.497 e. The van der Waals surface area contributed by atoms with Crippen molar-refractivity contribution in [3.8, 4) is 5.75 Å². The second-order valence-corrected chi connectivity index (χ2v) is 4.34. The number of amides is 3. The maximum atomic E-state index is 11.7. The van der Waals surface area contributed by atoms with Crippen LogP contribution in [0.3, 0.4) is 0 Å². The number of carbonyl (C=O) groups excluding carboxylic acids is 2. The van der Waals surface area contributed by atoms with Crippen molar-refractivity contribution in [2.75, 3.05) is 19.0 Å². The molecule has 0 aliphatic heterocycles. The van der Waals surface area contributed by atoms with Crippen LogP contribution in [0.5, 0.6) is 5.75 Å². The van der Waals surface area contributed by atoms with Crippen molar-refractivity contribution in [3.63, 3.8) is 0 Å². The number of benzene rings is 1. The van der Waals surface area contributed by atoms with Crippen LogP contribution >= 0.6 is 0 Å². The molecule has 6 nitrogen and oxygen atoms in total. The molecular formula is C14H21N3O3. The van der Waals surface area contributed by atoms with Gasteiger partial charge in [-0.1, -0.05) is 6.92 Å². The number of hydrogen-bond acceptors (Lipinski definition) is 3. The molecule has 0 radical (unpaired) electrons. The van der Waals surface area contributed by atoms with Crippen LogP contribution in [0, 0.1) is 0 Å². The van der Waals surface area contributed by atoms with Gasteiger partial charge >= 0.3 is 6.03 Å². The van der Waals surface area contributed by atoms with Crippen LogP contribution in [0.25, 0.3) is 0 Å². The minimum Gasteiger partial charge on any atom is -0.497 e. The first-order chi connectivity index (χ1) is 9.56. The summed E-state index contributed by atoms with van der Waals surface area (Å²) in [5, 5.41) is 7.94. The number of rotatable bonds is 6. The molecule has 0 saturated carbocycles. The molecular weight excluding hydrogens is 258 g/mol. The topological polar surface area (TPSA) is 79.5 Å². The highest BCUT2D eigenvalue weighted by Gasteiger charge is 2.14. The number of anilines is 1. The van der Waals surface area contributed by atoms with Crippen LogP contribution in [0.4, 0.5) is 10.5 Å². The molecule has 1 aromatic rings. The lowest BCUT2D eigenvalue weighted by molar-refractivity contribution is -0.122. The van der Waals surface area contributed by atoms with Gasteiger partial charge in [0.25, 0.3) is 0 Å². The summed E-state index contributed by atoms with van der Waals surface area (Å²) in [6.45, 7) is 4.21. The Kier molecular flexibility index (Phi) is 6.36. The van der Waals surface area contributed by atoms with Crippen LogP contribution in [-0.4, -0.2) is 31.6 Å². The molecule has 1 unspecified atom stereocenters. The Labute approximate surface area is 118 Å². The molecule has 1 atom stereocenters. The van der Waals surface area contributed by atoms with Crippen LogP contribution in [0.2, 0.25) is 0 Å². The molecule has 3 N–H and O–H groups in total. The summed E-state index contributed by atoms with van der Waals surface area (Å²) in [5.41, 5.74) is 0.629. The van der Waals surface area contributed by atoms with E-state index in [0.29, 0.717) is 18.0 Å². The van der Waals surface area contributed by atoms with Gasteiger partial charge in [-0.25, -0.2) is 4.79 Å². The highest BCUT2D eigenvalue weighted by atomic mass is 16.5. The Morgan fingerprint density at radius 2 is 1.90 bits per heavy atom. The maximum Gasteiger partial charge on any atom is 0.319 e. The number of methoxy groups -OCH3 is 1. The normalized spacial score (nSPS) is 11.3. The highest BCUT2D eigenvalue weighted by Crippen LogP contribution is 2.14. The SMILES string of the molecule is CCCNC(=O)C(C)NC(=O)Nc1ccc(OC)cc1. The van der Waals surface area contributed by atoms with E-state index in [1.807, 2.05) is 6.92 Å². The van der Waals surface area contributed by atoms with Crippen LogP contribution in [-0.2, 0) is 4.79 Å². The molecule has 110 valence electrons. The van der Waals surface area contributed by atoms with Gasteiger partial charge < -0.3 is 20.7 Å². The zero-order valence-corrected chi connectivity index (χ0v) is 12.0. The predicted octanol–water partition coefficient (Wildman–Crippen LogP) is 1.73. The molecule has 3 amide bonds. The molecule has 0 aliphatic carbocycles. The Balaban J connectivity index is 2.44. The smallest absolute Gasteiger partial charge is 0.319 e. The molecule has 0 saturated heterocycles. The van der Waals surface area contributed by atoms with Crippen LogP contribution in [0.15, 0.2) is 24.3 Å². The van der Waals surface area contributed by atoms with Crippen molar-refractivity contribution in [2.24, 2.45) is 0 Å². The van der Waals surface area contributed by atoms with Gasteiger partial charge in [-0.2, -0.15) is 0 Å². The summed E-state index contributed by atoms with van der Waals surface area (Å²) in [5.74, 6) is 0.514. The van der Waals surface area contributed by atoms with Gasteiger partial charge in [0.05, 0.1) is 7.11 Å². The molecule has 6 heteroatoms. The lowest BCUT2D eigenvalue weighted by Gasteiger charge is -2.14. The summed E-state index contributed by atoms with van der Waals surface area (Å²) >= 11 is 0. The summed E-state index contributed by atoms with van der Waals surface area (Å²) < 4.78 is 5.03. The standard InChI is InChI=1S/C14H21N3O3/c1-4-9-15-13(18)10(2)16-14(19)17-11-5-7-12(20-3)8-6-11/h5-8,10H,4,9H2,1-3H3,(H,15,18)(H2,16,17,19). The van der Waals surface area contributed by atoms with Crippen LogP contribution < -0.4 is 20.7 Å². The zero-order chi connectivity index (χ0) is 15.0. The van der Waals surface area contributed by atoms with Gasteiger partial charge in [-0.3, -0.25) is 4.79 Å². The summed E-state index contributed by atoms with van der Waals surface area (Å²) in [4.78, 5) is 23.3. The third-order valence-corrected chi connectivity index (χ3v) is 2.64. The maximum absolute atomic E-state index is 11.7. The Hall–Kier alpha value is -2.24. The van der Waals surface area contributed by atoms with E-state index in [0.717, 1.165) is 6.42 Å². The van der Waals surface area contributed by atoms with E-state index in [2.05, 4.69) is 16.0 Å². The minimum absolute atomic E-state index is 0.197. The molecule has 0 spiro atoms. The van der Waals surface area contributed by atoms with Gasteiger partial charge in [0.15, 0.2) is 0 Å². The van der Waals surface area contributed by atoms with Crippen molar-refractivity contribution in [1.29, 1.82) is 0 Å². The van der Waals surface area contributed by atoms with Gasteiger partial charge in [0, 0.05) is 12.2 Å². The van der Waals surface area contributed by atoms with Crippen molar-refractivity contribution in [3.05, 3.63) is 24.3 Å².